The predicted octanol–water partition coefficient (Wildman–Crippen LogP) is 1.66. The highest BCUT2D eigenvalue weighted by atomic mass is 32.2. The summed E-state index contributed by atoms with van der Waals surface area (Å²) in [6.45, 7) is 1.10. The molecule has 1 aromatic carbocycles. The van der Waals surface area contributed by atoms with Gasteiger partial charge in [0.15, 0.2) is 0 Å². The van der Waals surface area contributed by atoms with Crippen molar-refractivity contribution in [2.45, 2.75) is 18.9 Å². The molecule has 1 amide bonds. The summed E-state index contributed by atoms with van der Waals surface area (Å²) in [4.78, 5) is 11.7. The summed E-state index contributed by atoms with van der Waals surface area (Å²) in [5, 5.41) is 2.82. The van der Waals surface area contributed by atoms with Crippen LogP contribution in [0.1, 0.15) is 12.8 Å². The third kappa shape index (κ3) is 7.24. The molecule has 6 heteroatoms. The predicted molar refractivity (Wildman–Crippen MR) is 87.1 cm³/mol. The zero-order valence-corrected chi connectivity index (χ0v) is 13.4. The summed E-state index contributed by atoms with van der Waals surface area (Å²) in [5.74, 6) is 2.33. The molecule has 0 unspecified atom stereocenters. The third-order valence-corrected chi connectivity index (χ3v) is 3.54. The lowest BCUT2D eigenvalue weighted by molar-refractivity contribution is -0.122. The lowest BCUT2D eigenvalue weighted by atomic mass is 10.2. The van der Waals surface area contributed by atoms with Crippen molar-refractivity contribution in [2.75, 3.05) is 32.3 Å². The van der Waals surface area contributed by atoms with Crippen LogP contribution in [0.15, 0.2) is 24.3 Å². The zero-order chi connectivity index (χ0) is 15.5. The molecule has 0 aliphatic rings. The number of methoxy groups -OCH3 is 1. The highest BCUT2D eigenvalue weighted by molar-refractivity contribution is 7.98. The van der Waals surface area contributed by atoms with Crippen molar-refractivity contribution in [3.05, 3.63) is 24.3 Å². The number of carbonyl (C=O) groups excluding carboxylic acids is 1. The van der Waals surface area contributed by atoms with E-state index < -0.39 is 6.04 Å². The van der Waals surface area contributed by atoms with E-state index >= 15 is 0 Å². The number of thioether (sulfide) groups is 1. The first-order valence-corrected chi connectivity index (χ1v) is 8.36. The SMILES string of the molecule is COc1cccc(OCCCNC(=O)[C@@H](N)CCSC)c1. The van der Waals surface area contributed by atoms with E-state index in [-0.39, 0.29) is 5.91 Å². The second-order valence-electron chi connectivity index (χ2n) is 4.56. The number of ether oxygens (including phenoxy) is 2. The molecule has 0 fully saturated rings. The zero-order valence-electron chi connectivity index (χ0n) is 12.6. The molecule has 0 saturated heterocycles. The molecule has 0 saturated carbocycles. The fraction of sp³-hybridized carbons (Fsp3) is 0.533. The Bertz CT molecular complexity index is 429. The number of amides is 1. The topological polar surface area (TPSA) is 73.6 Å². The fourth-order valence-electron chi connectivity index (χ4n) is 1.67. The largest absolute Gasteiger partial charge is 0.497 e. The van der Waals surface area contributed by atoms with Crippen LogP contribution in [-0.4, -0.2) is 44.2 Å². The van der Waals surface area contributed by atoms with E-state index in [9.17, 15) is 4.79 Å². The highest BCUT2D eigenvalue weighted by Gasteiger charge is 2.11. The Balaban J connectivity index is 2.15. The normalized spacial score (nSPS) is 11.8. The Morgan fingerprint density at radius 2 is 2.19 bits per heavy atom. The Morgan fingerprint density at radius 3 is 2.90 bits per heavy atom. The average molecular weight is 312 g/mol. The van der Waals surface area contributed by atoms with Crippen molar-refractivity contribution in [3.8, 4) is 11.5 Å². The molecular weight excluding hydrogens is 288 g/mol. The second kappa shape index (κ2) is 10.3. The van der Waals surface area contributed by atoms with E-state index in [0.717, 1.165) is 23.7 Å². The molecule has 5 nitrogen and oxygen atoms in total. The number of benzene rings is 1. The van der Waals surface area contributed by atoms with Gasteiger partial charge >= 0.3 is 0 Å². The van der Waals surface area contributed by atoms with Gasteiger partial charge in [-0.1, -0.05) is 6.07 Å². The van der Waals surface area contributed by atoms with E-state index in [1.165, 1.54) is 0 Å². The van der Waals surface area contributed by atoms with Crippen LogP contribution >= 0.6 is 11.8 Å². The molecule has 0 spiro atoms. The van der Waals surface area contributed by atoms with Gasteiger partial charge in [-0.2, -0.15) is 11.8 Å². The van der Waals surface area contributed by atoms with E-state index in [1.54, 1.807) is 18.9 Å². The van der Waals surface area contributed by atoms with Crippen LogP contribution in [0.2, 0.25) is 0 Å². The summed E-state index contributed by atoms with van der Waals surface area (Å²) < 4.78 is 10.7. The molecule has 1 aromatic rings. The Kier molecular flexibility index (Phi) is 8.69. The van der Waals surface area contributed by atoms with Crippen LogP contribution in [0.5, 0.6) is 11.5 Å². The average Bonchev–Trinajstić information content (AvgIpc) is 2.52. The van der Waals surface area contributed by atoms with Gasteiger partial charge in [-0.15, -0.1) is 0 Å². The van der Waals surface area contributed by atoms with E-state index in [2.05, 4.69) is 5.32 Å². The first-order valence-electron chi connectivity index (χ1n) is 6.96. The van der Waals surface area contributed by atoms with Crippen molar-refractivity contribution >= 4 is 17.7 Å². The quantitative estimate of drug-likeness (QED) is 0.643. The highest BCUT2D eigenvalue weighted by Crippen LogP contribution is 2.18. The standard InChI is InChI=1S/C15H24N2O3S/c1-19-12-5-3-6-13(11-12)20-9-4-8-17-15(18)14(16)7-10-21-2/h3,5-6,11,14H,4,7-10,16H2,1-2H3,(H,17,18)/t14-/m0/s1. The number of nitrogens with two attached hydrogens (primary N) is 1. The molecule has 3 N–H and O–H groups in total. The molecule has 0 radical (unpaired) electrons. The van der Waals surface area contributed by atoms with Crippen LogP contribution < -0.4 is 20.5 Å². The molecule has 0 aliphatic carbocycles. The van der Waals surface area contributed by atoms with Crippen molar-refractivity contribution < 1.29 is 14.3 Å². The van der Waals surface area contributed by atoms with Gasteiger partial charge in [0.2, 0.25) is 5.91 Å². The number of hydrogen-bond donors (Lipinski definition) is 2. The minimum absolute atomic E-state index is 0.0922. The van der Waals surface area contributed by atoms with Crippen molar-refractivity contribution in [2.24, 2.45) is 5.73 Å². The molecule has 1 atom stereocenters. The van der Waals surface area contributed by atoms with Gasteiger partial charge in [0.25, 0.3) is 0 Å². The van der Waals surface area contributed by atoms with Crippen LogP contribution in [0.4, 0.5) is 0 Å². The van der Waals surface area contributed by atoms with Crippen LogP contribution in [0, 0.1) is 0 Å². The third-order valence-electron chi connectivity index (χ3n) is 2.90. The first kappa shape index (κ1) is 17.7. The van der Waals surface area contributed by atoms with Crippen LogP contribution in [0.25, 0.3) is 0 Å². The number of carbonyl (C=O) groups is 1. The summed E-state index contributed by atoms with van der Waals surface area (Å²) in [5.41, 5.74) is 5.77. The maximum atomic E-state index is 11.7. The van der Waals surface area contributed by atoms with Gasteiger partial charge in [0, 0.05) is 12.6 Å². The van der Waals surface area contributed by atoms with Gasteiger partial charge in [0.1, 0.15) is 11.5 Å². The Labute approximate surface area is 130 Å². The molecule has 0 bridgehead atoms. The number of hydrogen-bond acceptors (Lipinski definition) is 5. The maximum absolute atomic E-state index is 11.7. The minimum Gasteiger partial charge on any atom is -0.497 e. The molecular formula is C15H24N2O3S. The first-order chi connectivity index (χ1) is 10.2. The monoisotopic (exact) mass is 312 g/mol. The molecule has 1 rings (SSSR count). The fourth-order valence-corrected chi connectivity index (χ4v) is 2.16. The Morgan fingerprint density at radius 1 is 1.43 bits per heavy atom. The van der Waals surface area contributed by atoms with Crippen molar-refractivity contribution in [1.29, 1.82) is 0 Å². The van der Waals surface area contributed by atoms with E-state index in [1.807, 2.05) is 30.5 Å². The van der Waals surface area contributed by atoms with Gasteiger partial charge in [0.05, 0.1) is 19.8 Å². The van der Waals surface area contributed by atoms with Gasteiger partial charge in [-0.3, -0.25) is 4.79 Å². The second-order valence-corrected chi connectivity index (χ2v) is 5.55. The maximum Gasteiger partial charge on any atom is 0.236 e. The molecule has 21 heavy (non-hydrogen) atoms. The van der Waals surface area contributed by atoms with Gasteiger partial charge in [-0.05, 0) is 37.0 Å². The lowest BCUT2D eigenvalue weighted by Crippen LogP contribution is -2.41. The Hall–Kier alpha value is -1.40. The van der Waals surface area contributed by atoms with E-state index in [0.29, 0.717) is 19.6 Å². The minimum atomic E-state index is -0.420. The van der Waals surface area contributed by atoms with Gasteiger partial charge < -0.3 is 20.5 Å². The summed E-state index contributed by atoms with van der Waals surface area (Å²) >= 11 is 1.69. The lowest BCUT2D eigenvalue weighted by Gasteiger charge is -2.12. The number of rotatable bonds is 10. The van der Waals surface area contributed by atoms with Crippen LogP contribution in [0.3, 0.4) is 0 Å². The summed E-state index contributed by atoms with van der Waals surface area (Å²) in [7, 11) is 1.62. The molecule has 0 heterocycles. The smallest absolute Gasteiger partial charge is 0.236 e. The molecule has 0 aromatic heterocycles. The van der Waals surface area contributed by atoms with E-state index in [4.69, 9.17) is 15.2 Å². The summed E-state index contributed by atoms with van der Waals surface area (Å²) in [6.07, 6.45) is 3.44. The number of nitrogens with one attached hydrogen (secondary N) is 1. The summed E-state index contributed by atoms with van der Waals surface area (Å²) in [6, 6.07) is 7.02. The van der Waals surface area contributed by atoms with Crippen molar-refractivity contribution in [1.82, 2.24) is 5.32 Å². The van der Waals surface area contributed by atoms with Gasteiger partial charge in [-0.25, -0.2) is 0 Å². The molecule has 118 valence electrons. The molecule has 0 aliphatic heterocycles. The van der Waals surface area contributed by atoms with Crippen molar-refractivity contribution in [3.63, 3.8) is 0 Å². The van der Waals surface area contributed by atoms with Crippen LogP contribution in [-0.2, 0) is 4.79 Å².